The lowest BCUT2D eigenvalue weighted by Gasteiger charge is -2.36. The molecule has 2 N–H and O–H groups in total. The van der Waals surface area contributed by atoms with Crippen LogP contribution in [0.4, 0.5) is 14.5 Å². The van der Waals surface area contributed by atoms with Crippen molar-refractivity contribution >= 4 is 11.6 Å². The summed E-state index contributed by atoms with van der Waals surface area (Å²) in [7, 11) is 0. The molecule has 2 fully saturated rings. The number of carbonyl (C=O) groups excluding carboxylic acids is 1. The minimum absolute atomic E-state index is 0.0982. The Hall–Kier alpha value is -3.77. The number of nitrogens with two attached hydrogens (primary N) is 1. The van der Waals surface area contributed by atoms with Crippen molar-refractivity contribution in [2.75, 3.05) is 31.1 Å². The number of hydrogen-bond donors (Lipinski definition) is 1. The highest BCUT2D eigenvalue weighted by Gasteiger charge is 2.27. The van der Waals surface area contributed by atoms with Crippen LogP contribution in [0.3, 0.4) is 0 Å². The Morgan fingerprint density at radius 1 is 1.05 bits per heavy atom. The Balaban J connectivity index is 1.55. The van der Waals surface area contributed by atoms with E-state index in [1.54, 1.807) is 23.1 Å². The molecule has 198 valence electrons. The molecule has 0 spiro atoms. The van der Waals surface area contributed by atoms with E-state index in [1.165, 1.54) is 22.9 Å². The van der Waals surface area contributed by atoms with Crippen LogP contribution >= 0.6 is 0 Å². The van der Waals surface area contributed by atoms with E-state index in [1.807, 2.05) is 12.1 Å². The zero-order valence-corrected chi connectivity index (χ0v) is 21.7. The predicted molar refractivity (Wildman–Crippen MR) is 142 cm³/mol. The molecule has 3 atom stereocenters. The number of amides is 1. The number of benzene rings is 2. The lowest BCUT2D eigenvalue weighted by Crippen LogP contribution is -2.45. The van der Waals surface area contributed by atoms with E-state index >= 15 is 4.39 Å². The van der Waals surface area contributed by atoms with Gasteiger partial charge in [0.05, 0.1) is 11.3 Å². The first kappa shape index (κ1) is 25.9. The van der Waals surface area contributed by atoms with Crippen LogP contribution in [0.15, 0.2) is 42.5 Å². The molecule has 7 nitrogen and oxygen atoms in total. The smallest absolute Gasteiger partial charge is 0.274 e. The maximum atomic E-state index is 15.7. The number of anilines is 1. The van der Waals surface area contributed by atoms with Crippen molar-refractivity contribution in [1.29, 1.82) is 5.26 Å². The lowest BCUT2D eigenvalue weighted by molar-refractivity contribution is 0.0702. The van der Waals surface area contributed by atoms with Gasteiger partial charge in [-0.3, -0.25) is 4.79 Å². The fourth-order valence-electron chi connectivity index (χ4n) is 5.73. The molecule has 2 saturated heterocycles. The quantitative estimate of drug-likeness (QED) is 0.539. The summed E-state index contributed by atoms with van der Waals surface area (Å²) in [5.74, 6) is -0.464. The van der Waals surface area contributed by atoms with Gasteiger partial charge in [-0.25, -0.2) is 13.5 Å². The first-order chi connectivity index (χ1) is 18.2. The Bertz CT molecular complexity index is 1390. The molecule has 0 aliphatic carbocycles. The molecule has 0 radical (unpaired) electrons. The van der Waals surface area contributed by atoms with Gasteiger partial charge in [-0.2, -0.15) is 10.4 Å². The van der Waals surface area contributed by atoms with Crippen molar-refractivity contribution in [3.8, 4) is 23.0 Å². The minimum atomic E-state index is -0.697. The van der Waals surface area contributed by atoms with Crippen molar-refractivity contribution in [2.24, 2.45) is 17.6 Å². The van der Waals surface area contributed by atoms with Gasteiger partial charge in [0.1, 0.15) is 17.6 Å². The van der Waals surface area contributed by atoms with Gasteiger partial charge in [-0.1, -0.05) is 19.9 Å². The normalized spacial score (nSPS) is 21.8. The third kappa shape index (κ3) is 5.14. The molecule has 5 rings (SSSR count). The van der Waals surface area contributed by atoms with Gasteiger partial charge in [-0.15, -0.1) is 0 Å². The van der Waals surface area contributed by atoms with Crippen LogP contribution in [0, 0.1) is 34.8 Å². The fourth-order valence-corrected chi connectivity index (χ4v) is 5.73. The van der Waals surface area contributed by atoms with Crippen molar-refractivity contribution in [1.82, 2.24) is 14.7 Å². The third-order valence-electron chi connectivity index (χ3n) is 7.45. The average Bonchev–Trinajstić information content (AvgIpc) is 3.32. The molecule has 2 aliphatic heterocycles. The highest BCUT2D eigenvalue weighted by molar-refractivity contribution is 5.93. The number of piperidine rings is 2. The first-order valence-electron chi connectivity index (χ1n) is 13.1. The van der Waals surface area contributed by atoms with Gasteiger partial charge in [0, 0.05) is 43.5 Å². The maximum Gasteiger partial charge on any atom is 0.274 e. The Kier molecular flexibility index (Phi) is 7.17. The molecule has 2 unspecified atom stereocenters. The fraction of sp³-hybridized carbons (Fsp3) is 0.414. The summed E-state index contributed by atoms with van der Waals surface area (Å²) in [4.78, 5) is 17.2. The second-order valence-electron chi connectivity index (χ2n) is 10.8. The summed E-state index contributed by atoms with van der Waals surface area (Å²) in [5.41, 5.74) is 7.78. The van der Waals surface area contributed by atoms with Crippen molar-refractivity contribution in [3.05, 3.63) is 65.4 Å². The van der Waals surface area contributed by atoms with Crippen molar-refractivity contribution < 1.29 is 13.6 Å². The summed E-state index contributed by atoms with van der Waals surface area (Å²) >= 11 is 0. The third-order valence-corrected chi connectivity index (χ3v) is 7.45. The molecule has 2 aromatic carbocycles. The summed E-state index contributed by atoms with van der Waals surface area (Å²) < 4.78 is 31.6. The van der Waals surface area contributed by atoms with Crippen molar-refractivity contribution in [2.45, 2.75) is 39.2 Å². The predicted octanol–water partition coefficient (Wildman–Crippen LogP) is 4.73. The van der Waals surface area contributed by atoms with Crippen LogP contribution in [0.1, 0.15) is 49.2 Å². The van der Waals surface area contributed by atoms with Gasteiger partial charge in [0.15, 0.2) is 11.5 Å². The van der Waals surface area contributed by atoms with Crippen LogP contribution in [0.2, 0.25) is 0 Å². The molecular weight excluding hydrogens is 486 g/mol. The molecule has 1 aromatic heterocycles. The molecule has 0 saturated carbocycles. The van der Waals surface area contributed by atoms with Gasteiger partial charge in [0.25, 0.3) is 5.91 Å². The lowest BCUT2D eigenvalue weighted by atomic mass is 9.91. The van der Waals surface area contributed by atoms with Crippen LogP contribution in [-0.2, 0) is 0 Å². The van der Waals surface area contributed by atoms with Crippen LogP contribution in [-0.4, -0.2) is 52.8 Å². The number of rotatable bonds is 4. The van der Waals surface area contributed by atoms with Gasteiger partial charge in [0.2, 0.25) is 0 Å². The van der Waals surface area contributed by atoms with E-state index in [-0.39, 0.29) is 28.9 Å². The number of aromatic nitrogens is 2. The summed E-state index contributed by atoms with van der Waals surface area (Å²) in [6, 6.07) is 12.4. The van der Waals surface area contributed by atoms with E-state index in [4.69, 9.17) is 11.0 Å². The summed E-state index contributed by atoms with van der Waals surface area (Å²) in [5, 5.41) is 13.6. The van der Waals surface area contributed by atoms with Crippen LogP contribution < -0.4 is 10.6 Å². The van der Waals surface area contributed by atoms with Crippen molar-refractivity contribution in [3.63, 3.8) is 0 Å². The van der Waals surface area contributed by atoms with E-state index in [0.29, 0.717) is 36.2 Å². The molecule has 38 heavy (non-hydrogen) atoms. The van der Waals surface area contributed by atoms with Gasteiger partial charge in [-0.05, 0) is 67.5 Å². The number of hydrogen-bond acceptors (Lipinski definition) is 5. The van der Waals surface area contributed by atoms with E-state index < -0.39 is 11.6 Å². The monoisotopic (exact) mass is 518 g/mol. The number of nitrogens with zero attached hydrogens (tertiary/aromatic N) is 5. The Morgan fingerprint density at radius 2 is 1.82 bits per heavy atom. The summed E-state index contributed by atoms with van der Waals surface area (Å²) in [6.07, 6.45) is 2.79. The SMILES string of the molecule is CC1CC(C)CN(c2ccc(-n3nc(C(=O)N4CCC[C@@H](N)C4)cc3-c3ccc(C#N)c(F)c3)c(F)c2)C1. The van der Waals surface area contributed by atoms with Crippen LogP contribution in [0.5, 0.6) is 0 Å². The van der Waals surface area contributed by atoms with Gasteiger partial charge >= 0.3 is 0 Å². The van der Waals surface area contributed by atoms with E-state index in [0.717, 1.165) is 38.0 Å². The molecule has 2 aliphatic rings. The summed E-state index contributed by atoms with van der Waals surface area (Å²) in [6.45, 7) is 7.11. The number of nitriles is 1. The second kappa shape index (κ2) is 10.5. The molecule has 9 heteroatoms. The topological polar surface area (TPSA) is 91.2 Å². The zero-order chi connectivity index (χ0) is 27.0. The molecule has 3 aromatic rings. The highest BCUT2D eigenvalue weighted by atomic mass is 19.1. The number of likely N-dealkylation sites (tertiary alicyclic amines) is 1. The average molecular weight is 519 g/mol. The highest BCUT2D eigenvalue weighted by Crippen LogP contribution is 2.31. The zero-order valence-electron chi connectivity index (χ0n) is 21.7. The molecular formula is C29H32F2N6O. The number of halogens is 2. The molecule has 0 bridgehead atoms. The van der Waals surface area contributed by atoms with E-state index in [9.17, 15) is 9.18 Å². The van der Waals surface area contributed by atoms with Crippen LogP contribution in [0.25, 0.3) is 16.9 Å². The van der Waals surface area contributed by atoms with E-state index in [2.05, 4.69) is 23.8 Å². The maximum absolute atomic E-state index is 15.7. The Labute approximate surface area is 221 Å². The first-order valence-corrected chi connectivity index (χ1v) is 13.1. The Morgan fingerprint density at radius 3 is 2.47 bits per heavy atom. The minimum Gasteiger partial charge on any atom is -0.371 e. The molecule has 1 amide bonds. The van der Waals surface area contributed by atoms with Gasteiger partial charge < -0.3 is 15.5 Å². The second-order valence-corrected chi connectivity index (χ2v) is 10.8. The standard InChI is InChI=1S/C29H32F2N6O/c1-18-10-19(2)16-36(15-18)23-7-8-27(25(31)12-23)37-28(20-5-6-21(14-32)24(30)11-20)13-26(34-37)29(38)35-9-3-4-22(33)17-35/h5-8,11-13,18-19,22H,3-4,9-10,15-17,33H2,1-2H3/t18?,19?,22-/m1/s1. The largest absolute Gasteiger partial charge is 0.371 e. The molecule has 3 heterocycles. The number of carbonyl (C=O) groups is 1.